The third kappa shape index (κ3) is 5.25. The molecule has 25 heavy (non-hydrogen) atoms. The Morgan fingerprint density at radius 2 is 1.84 bits per heavy atom. The number of unbranched alkanes of at least 4 members (excludes halogenated alkanes) is 1. The van der Waals surface area contributed by atoms with Gasteiger partial charge in [0.15, 0.2) is 0 Å². The van der Waals surface area contributed by atoms with Crippen LogP contribution in [0.15, 0.2) is 11.0 Å². The molecule has 2 N–H and O–H groups in total. The van der Waals surface area contributed by atoms with Gasteiger partial charge in [0, 0.05) is 0 Å². The molecule has 1 aromatic rings. The van der Waals surface area contributed by atoms with Crippen molar-refractivity contribution in [1.29, 1.82) is 0 Å². The standard InChI is InChI=1S/C14H19NO8S2/c1-4-5-6-8(12(16)17)15-25(20,21)10-7-9(13(18)22-2)24-11(10)14(19)23-3/h7-8,15H,4-6H2,1-3H3,(H,16,17)/t8-/m0/s1. The maximum absolute atomic E-state index is 12.5. The summed E-state index contributed by atoms with van der Waals surface area (Å²) in [5.41, 5.74) is 0. The minimum Gasteiger partial charge on any atom is -0.480 e. The number of carbonyl (C=O) groups excluding carboxylic acids is 2. The highest BCUT2D eigenvalue weighted by atomic mass is 32.2. The van der Waals surface area contributed by atoms with Gasteiger partial charge in [0.05, 0.1) is 14.2 Å². The molecule has 0 fully saturated rings. The SMILES string of the molecule is CCCC[C@H](NS(=O)(=O)c1cc(C(=O)OC)sc1C(=O)OC)C(=O)O. The van der Waals surface area contributed by atoms with Gasteiger partial charge < -0.3 is 14.6 Å². The van der Waals surface area contributed by atoms with Crippen LogP contribution >= 0.6 is 11.3 Å². The van der Waals surface area contributed by atoms with E-state index in [1.165, 1.54) is 0 Å². The number of carboxylic acids is 1. The monoisotopic (exact) mass is 393 g/mol. The van der Waals surface area contributed by atoms with Gasteiger partial charge >= 0.3 is 17.9 Å². The smallest absolute Gasteiger partial charge is 0.349 e. The fourth-order valence-electron chi connectivity index (χ4n) is 1.90. The number of nitrogens with one attached hydrogen (secondary N) is 1. The number of methoxy groups -OCH3 is 2. The Labute approximate surface area is 149 Å². The van der Waals surface area contributed by atoms with E-state index < -0.39 is 38.9 Å². The second kappa shape index (κ2) is 8.92. The number of rotatable bonds is 9. The summed E-state index contributed by atoms with van der Waals surface area (Å²) in [6.45, 7) is 1.84. The summed E-state index contributed by atoms with van der Waals surface area (Å²) in [4.78, 5) is 33.7. The first-order valence-electron chi connectivity index (χ1n) is 7.23. The van der Waals surface area contributed by atoms with Crippen LogP contribution in [0.4, 0.5) is 0 Å². The highest BCUT2D eigenvalue weighted by Gasteiger charge is 2.32. The minimum absolute atomic E-state index is 0.0899. The average Bonchev–Trinajstić information content (AvgIpc) is 3.03. The molecule has 0 bridgehead atoms. The first kappa shape index (κ1) is 21.1. The molecule has 0 aliphatic carbocycles. The summed E-state index contributed by atoms with van der Waals surface area (Å²) < 4.78 is 36.2. The second-order valence-electron chi connectivity index (χ2n) is 4.94. The van der Waals surface area contributed by atoms with Crippen molar-refractivity contribution < 1.29 is 37.4 Å². The fourth-order valence-corrected chi connectivity index (χ4v) is 4.64. The van der Waals surface area contributed by atoms with E-state index in [2.05, 4.69) is 14.2 Å². The molecule has 11 heteroatoms. The normalized spacial score (nSPS) is 12.4. The lowest BCUT2D eigenvalue weighted by atomic mass is 10.1. The Bertz CT molecular complexity index is 753. The number of carboxylic acid groups (broad SMARTS) is 1. The van der Waals surface area contributed by atoms with Crippen LogP contribution in [-0.2, 0) is 24.3 Å². The van der Waals surface area contributed by atoms with Crippen LogP contribution in [0.25, 0.3) is 0 Å². The molecule has 0 unspecified atom stereocenters. The van der Waals surface area contributed by atoms with Crippen molar-refractivity contribution in [3.63, 3.8) is 0 Å². The van der Waals surface area contributed by atoms with Crippen molar-refractivity contribution in [2.75, 3.05) is 14.2 Å². The lowest BCUT2D eigenvalue weighted by molar-refractivity contribution is -0.139. The number of carbonyl (C=O) groups is 3. The summed E-state index contributed by atoms with van der Waals surface area (Å²) >= 11 is 0.589. The van der Waals surface area contributed by atoms with Crippen molar-refractivity contribution in [3.05, 3.63) is 15.8 Å². The molecule has 140 valence electrons. The summed E-state index contributed by atoms with van der Waals surface area (Å²) in [5, 5.41) is 9.18. The zero-order chi connectivity index (χ0) is 19.2. The van der Waals surface area contributed by atoms with E-state index in [0.717, 1.165) is 20.3 Å². The Morgan fingerprint density at radius 3 is 2.32 bits per heavy atom. The van der Waals surface area contributed by atoms with Gasteiger partial charge in [-0.1, -0.05) is 19.8 Å². The predicted molar refractivity (Wildman–Crippen MR) is 88.3 cm³/mol. The second-order valence-corrected chi connectivity index (χ2v) is 7.68. The molecule has 0 saturated carbocycles. The van der Waals surface area contributed by atoms with E-state index in [-0.39, 0.29) is 16.2 Å². The van der Waals surface area contributed by atoms with Gasteiger partial charge in [-0.3, -0.25) is 4.79 Å². The molecule has 0 saturated heterocycles. The number of thiophene rings is 1. The number of sulfonamides is 1. The van der Waals surface area contributed by atoms with Crippen molar-refractivity contribution in [1.82, 2.24) is 4.72 Å². The van der Waals surface area contributed by atoms with Gasteiger partial charge in [-0.15, -0.1) is 11.3 Å². The molecular weight excluding hydrogens is 374 g/mol. The maximum atomic E-state index is 12.5. The van der Waals surface area contributed by atoms with E-state index in [1.54, 1.807) is 0 Å². The van der Waals surface area contributed by atoms with Crippen LogP contribution in [0.3, 0.4) is 0 Å². The molecule has 0 radical (unpaired) electrons. The first-order chi connectivity index (χ1) is 11.7. The molecule has 9 nitrogen and oxygen atoms in total. The Balaban J connectivity index is 3.30. The Morgan fingerprint density at radius 1 is 1.24 bits per heavy atom. The molecule has 1 rings (SSSR count). The molecular formula is C14H19NO8S2. The van der Waals surface area contributed by atoms with Gasteiger partial charge in [0.2, 0.25) is 10.0 Å². The number of aliphatic carboxylic acids is 1. The molecule has 0 spiro atoms. The largest absolute Gasteiger partial charge is 0.480 e. The molecule has 0 aromatic carbocycles. The highest BCUT2D eigenvalue weighted by Crippen LogP contribution is 2.28. The number of ether oxygens (including phenoxy) is 2. The molecule has 0 aliphatic rings. The number of esters is 2. The van der Waals surface area contributed by atoms with E-state index >= 15 is 0 Å². The van der Waals surface area contributed by atoms with E-state index in [4.69, 9.17) is 0 Å². The van der Waals surface area contributed by atoms with Gasteiger partial charge in [-0.05, 0) is 12.5 Å². The first-order valence-corrected chi connectivity index (χ1v) is 9.53. The Kier molecular flexibility index (Phi) is 7.52. The average molecular weight is 393 g/mol. The highest BCUT2D eigenvalue weighted by molar-refractivity contribution is 7.89. The van der Waals surface area contributed by atoms with E-state index in [1.807, 2.05) is 6.92 Å². The van der Waals surface area contributed by atoms with E-state index in [0.29, 0.717) is 24.2 Å². The summed E-state index contributed by atoms with van der Waals surface area (Å²) in [7, 11) is -2.20. The third-order valence-corrected chi connectivity index (χ3v) is 5.91. The summed E-state index contributed by atoms with van der Waals surface area (Å²) in [6, 6.07) is -0.388. The lowest BCUT2D eigenvalue weighted by Crippen LogP contribution is -2.40. The Hall–Kier alpha value is -1.98. The topological polar surface area (TPSA) is 136 Å². The van der Waals surface area contributed by atoms with Gasteiger partial charge in [0.1, 0.15) is 20.7 Å². The van der Waals surface area contributed by atoms with Crippen LogP contribution < -0.4 is 4.72 Å². The van der Waals surface area contributed by atoms with Gasteiger partial charge in [-0.25, -0.2) is 18.0 Å². The van der Waals surface area contributed by atoms with Gasteiger partial charge in [-0.2, -0.15) is 4.72 Å². The van der Waals surface area contributed by atoms with Crippen molar-refractivity contribution in [2.45, 2.75) is 37.1 Å². The van der Waals surface area contributed by atoms with Crippen molar-refractivity contribution in [3.8, 4) is 0 Å². The fraction of sp³-hybridized carbons (Fsp3) is 0.500. The lowest BCUT2D eigenvalue weighted by Gasteiger charge is -2.14. The van der Waals surface area contributed by atoms with Crippen molar-refractivity contribution in [2.24, 2.45) is 0 Å². The zero-order valence-corrected chi connectivity index (χ0v) is 15.5. The van der Waals surface area contributed by atoms with Crippen LogP contribution in [0.2, 0.25) is 0 Å². The molecule has 0 amide bonds. The maximum Gasteiger partial charge on any atom is 0.349 e. The van der Waals surface area contributed by atoms with Crippen LogP contribution in [0.5, 0.6) is 0 Å². The molecule has 1 atom stereocenters. The minimum atomic E-state index is -4.37. The quantitative estimate of drug-likeness (QED) is 0.598. The summed E-state index contributed by atoms with van der Waals surface area (Å²) in [6.07, 6.45) is 1.27. The van der Waals surface area contributed by atoms with Gasteiger partial charge in [0.25, 0.3) is 0 Å². The molecule has 1 heterocycles. The zero-order valence-electron chi connectivity index (χ0n) is 13.9. The van der Waals surface area contributed by atoms with Crippen molar-refractivity contribution >= 4 is 39.3 Å². The molecule has 1 aromatic heterocycles. The van der Waals surface area contributed by atoms with E-state index in [9.17, 15) is 27.9 Å². The third-order valence-electron chi connectivity index (χ3n) is 3.19. The summed E-state index contributed by atoms with van der Waals surface area (Å²) in [5.74, 6) is -3.11. The van der Waals surface area contributed by atoms with Crippen LogP contribution in [-0.4, -0.2) is 51.7 Å². The molecule has 0 aliphatic heterocycles. The predicted octanol–water partition coefficient (Wildman–Crippen LogP) is 1.24. The number of hydrogen-bond acceptors (Lipinski definition) is 8. The number of hydrogen-bond donors (Lipinski definition) is 2. The van der Waals surface area contributed by atoms with Crippen LogP contribution in [0, 0.1) is 0 Å². The van der Waals surface area contributed by atoms with Crippen LogP contribution in [0.1, 0.15) is 45.5 Å².